The van der Waals surface area contributed by atoms with Crippen molar-refractivity contribution in [2.24, 2.45) is 0 Å². The third kappa shape index (κ3) is 4.66. The molecule has 138 valence electrons. The van der Waals surface area contributed by atoms with E-state index in [4.69, 9.17) is 4.74 Å². The first-order valence-electron chi connectivity index (χ1n) is 10.1. The minimum atomic E-state index is 0.746. The lowest BCUT2D eigenvalue weighted by Gasteiger charge is -2.27. The van der Waals surface area contributed by atoms with Gasteiger partial charge in [0.15, 0.2) is 0 Å². The van der Waals surface area contributed by atoms with Gasteiger partial charge in [-0.05, 0) is 60.1 Å². The maximum atomic E-state index is 6.01. The monoisotopic (exact) mass is 350 g/mol. The lowest BCUT2D eigenvalue weighted by atomic mass is 9.92. The molecule has 1 aliphatic carbocycles. The highest BCUT2D eigenvalue weighted by molar-refractivity contribution is 5.37. The minimum absolute atomic E-state index is 0.746. The summed E-state index contributed by atoms with van der Waals surface area (Å²) in [5.74, 6) is 1.03. The molecule has 0 bridgehead atoms. The Balaban J connectivity index is 1.25. The van der Waals surface area contributed by atoms with E-state index in [0.717, 1.165) is 51.5 Å². The van der Waals surface area contributed by atoms with Crippen LogP contribution in [-0.4, -0.2) is 37.7 Å². The Labute approximate surface area is 157 Å². The van der Waals surface area contributed by atoms with Crippen LogP contribution in [0.4, 0.5) is 0 Å². The second-order valence-corrected chi connectivity index (χ2v) is 7.58. The summed E-state index contributed by atoms with van der Waals surface area (Å²) in [4.78, 5) is 2.52. The van der Waals surface area contributed by atoms with Gasteiger partial charge in [-0.2, -0.15) is 0 Å². The quantitative estimate of drug-likeness (QED) is 0.862. The molecule has 1 aliphatic heterocycles. The summed E-state index contributed by atoms with van der Waals surface area (Å²) in [6.07, 6.45) is 6.05. The van der Waals surface area contributed by atoms with E-state index in [1.165, 1.54) is 47.9 Å². The van der Waals surface area contributed by atoms with Crippen molar-refractivity contribution >= 4 is 0 Å². The van der Waals surface area contributed by atoms with Crippen LogP contribution in [0.25, 0.3) is 0 Å². The van der Waals surface area contributed by atoms with Gasteiger partial charge in [0, 0.05) is 39.1 Å². The van der Waals surface area contributed by atoms with Crippen molar-refractivity contribution < 1.29 is 4.74 Å². The third-order valence-corrected chi connectivity index (χ3v) is 5.62. The van der Waals surface area contributed by atoms with Gasteiger partial charge in [-0.15, -0.1) is 0 Å². The molecule has 0 atom stereocenters. The van der Waals surface area contributed by atoms with Crippen molar-refractivity contribution in [2.75, 3.05) is 32.8 Å². The fraction of sp³-hybridized carbons (Fsp3) is 0.478. The molecular weight excluding hydrogens is 320 g/mol. The lowest BCUT2D eigenvalue weighted by molar-refractivity contribution is 0.233. The average molecular weight is 351 g/mol. The van der Waals surface area contributed by atoms with Crippen LogP contribution in [0.5, 0.6) is 5.75 Å². The highest BCUT2D eigenvalue weighted by atomic mass is 16.5. The highest BCUT2D eigenvalue weighted by Gasteiger charge is 2.11. The molecule has 0 radical (unpaired) electrons. The smallest absolute Gasteiger partial charge is 0.119 e. The van der Waals surface area contributed by atoms with Gasteiger partial charge in [-0.1, -0.05) is 30.3 Å². The number of fused-ring (bicyclic) bond motifs is 1. The molecule has 1 saturated heterocycles. The first-order chi connectivity index (χ1) is 12.9. The molecule has 0 spiro atoms. The Morgan fingerprint density at radius 3 is 2.38 bits per heavy atom. The largest absolute Gasteiger partial charge is 0.493 e. The molecule has 3 heteroatoms. The minimum Gasteiger partial charge on any atom is -0.493 e. The number of rotatable bonds is 6. The first-order valence-corrected chi connectivity index (χ1v) is 10.1. The van der Waals surface area contributed by atoms with Crippen LogP contribution < -0.4 is 10.1 Å². The van der Waals surface area contributed by atoms with E-state index in [2.05, 4.69) is 52.7 Å². The Morgan fingerprint density at radius 2 is 1.58 bits per heavy atom. The first kappa shape index (κ1) is 17.6. The second-order valence-electron chi connectivity index (χ2n) is 7.58. The molecule has 1 fully saturated rings. The van der Waals surface area contributed by atoms with Crippen LogP contribution in [0.15, 0.2) is 42.5 Å². The summed E-state index contributed by atoms with van der Waals surface area (Å²) in [5, 5.41) is 3.41. The molecular formula is C23H30N2O. The predicted molar refractivity (Wildman–Crippen MR) is 107 cm³/mol. The molecule has 1 heterocycles. The van der Waals surface area contributed by atoms with Gasteiger partial charge < -0.3 is 10.1 Å². The molecule has 26 heavy (non-hydrogen) atoms. The normalized spacial score (nSPS) is 17.7. The summed E-state index contributed by atoms with van der Waals surface area (Å²) in [6.45, 7) is 6.33. The number of hydrogen-bond donors (Lipinski definition) is 1. The van der Waals surface area contributed by atoms with E-state index < -0.39 is 0 Å². The maximum absolute atomic E-state index is 6.01. The van der Waals surface area contributed by atoms with Crippen molar-refractivity contribution in [3.05, 3.63) is 64.7 Å². The van der Waals surface area contributed by atoms with Crippen molar-refractivity contribution in [3.63, 3.8) is 0 Å². The van der Waals surface area contributed by atoms with Crippen LogP contribution in [-0.2, 0) is 25.8 Å². The number of ether oxygens (including phenoxy) is 1. The molecule has 0 aromatic heterocycles. The highest BCUT2D eigenvalue weighted by Crippen LogP contribution is 2.25. The van der Waals surface area contributed by atoms with Gasteiger partial charge in [0.2, 0.25) is 0 Å². The van der Waals surface area contributed by atoms with E-state index in [9.17, 15) is 0 Å². The van der Waals surface area contributed by atoms with Crippen molar-refractivity contribution in [2.45, 2.75) is 38.6 Å². The van der Waals surface area contributed by atoms with Crippen molar-refractivity contribution in [3.8, 4) is 5.75 Å². The van der Waals surface area contributed by atoms with E-state index >= 15 is 0 Å². The number of nitrogens with zero attached hydrogens (tertiary/aromatic N) is 1. The Bertz CT molecular complexity index is 705. The van der Waals surface area contributed by atoms with Gasteiger partial charge in [0.05, 0.1) is 6.61 Å². The molecule has 2 aromatic carbocycles. The molecule has 2 aromatic rings. The summed E-state index contributed by atoms with van der Waals surface area (Å²) >= 11 is 0. The van der Waals surface area contributed by atoms with E-state index in [-0.39, 0.29) is 0 Å². The Hall–Kier alpha value is -1.84. The standard InChI is InChI=1S/C23H30N2O/c1-2-4-22-17-23(10-9-21(22)3-1)26-16-11-19-5-7-20(8-6-19)18-25-14-12-24-13-15-25/h5-10,17,24H,1-4,11-16,18H2. The second kappa shape index (κ2) is 8.70. The molecule has 4 rings (SSSR count). The zero-order valence-corrected chi connectivity index (χ0v) is 15.7. The van der Waals surface area contributed by atoms with Gasteiger partial charge in [0.25, 0.3) is 0 Å². The summed E-state index contributed by atoms with van der Waals surface area (Å²) in [6, 6.07) is 15.7. The van der Waals surface area contributed by atoms with Crippen LogP contribution in [0, 0.1) is 0 Å². The van der Waals surface area contributed by atoms with Crippen LogP contribution in [0.1, 0.15) is 35.1 Å². The van der Waals surface area contributed by atoms with E-state index in [0.29, 0.717) is 0 Å². The Kier molecular flexibility index (Phi) is 5.88. The molecule has 0 amide bonds. The van der Waals surface area contributed by atoms with Crippen molar-refractivity contribution in [1.29, 1.82) is 0 Å². The van der Waals surface area contributed by atoms with Gasteiger partial charge >= 0.3 is 0 Å². The Morgan fingerprint density at radius 1 is 0.846 bits per heavy atom. The zero-order valence-electron chi connectivity index (χ0n) is 15.7. The summed E-state index contributed by atoms with van der Waals surface area (Å²) in [5.41, 5.74) is 5.77. The zero-order chi connectivity index (χ0) is 17.6. The van der Waals surface area contributed by atoms with Gasteiger partial charge in [-0.3, -0.25) is 4.90 Å². The summed E-state index contributed by atoms with van der Waals surface area (Å²) in [7, 11) is 0. The van der Waals surface area contributed by atoms with E-state index in [1.807, 2.05) is 0 Å². The van der Waals surface area contributed by atoms with Gasteiger partial charge in [-0.25, -0.2) is 0 Å². The van der Waals surface area contributed by atoms with Crippen LogP contribution in [0.3, 0.4) is 0 Å². The third-order valence-electron chi connectivity index (χ3n) is 5.62. The van der Waals surface area contributed by atoms with Crippen LogP contribution >= 0.6 is 0 Å². The number of hydrogen-bond acceptors (Lipinski definition) is 3. The molecule has 1 N–H and O–H groups in total. The fourth-order valence-electron chi connectivity index (χ4n) is 4.03. The number of aryl methyl sites for hydroxylation is 2. The molecule has 0 saturated carbocycles. The average Bonchev–Trinajstić information content (AvgIpc) is 2.70. The fourth-order valence-corrected chi connectivity index (χ4v) is 4.03. The number of piperazine rings is 1. The molecule has 3 nitrogen and oxygen atoms in total. The molecule has 0 unspecified atom stereocenters. The number of nitrogens with one attached hydrogen (secondary N) is 1. The SMILES string of the molecule is c1cc(CN2CCNCC2)ccc1CCOc1ccc2c(c1)CCCC2. The van der Waals surface area contributed by atoms with Crippen molar-refractivity contribution in [1.82, 2.24) is 10.2 Å². The van der Waals surface area contributed by atoms with Gasteiger partial charge in [0.1, 0.15) is 5.75 Å². The van der Waals surface area contributed by atoms with E-state index in [1.54, 1.807) is 0 Å². The predicted octanol–water partition coefficient (Wildman–Crippen LogP) is 3.59. The van der Waals surface area contributed by atoms with Crippen LogP contribution in [0.2, 0.25) is 0 Å². The topological polar surface area (TPSA) is 24.5 Å². The lowest BCUT2D eigenvalue weighted by Crippen LogP contribution is -2.42. The summed E-state index contributed by atoms with van der Waals surface area (Å²) < 4.78 is 6.01. The maximum Gasteiger partial charge on any atom is 0.119 e. The molecule has 2 aliphatic rings. The number of benzene rings is 2.